The first kappa shape index (κ1) is 14.9. The van der Waals surface area contributed by atoms with E-state index in [0.29, 0.717) is 10.0 Å². The SMILES string of the molecule is O=C(O)c1csc(CNS(=O)(=O)c2cccc(Cl)c2)n1. The number of sulfonamides is 1. The van der Waals surface area contributed by atoms with E-state index < -0.39 is 16.0 Å². The van der Waals surface area contributed by atoms with Crippen molar-refractivity contribution in [2.24, 2.45) is 0 Å². The summed E-state index contributed by atoms with van der Waals surface area (Å²) in [5.41, 5.74) is -0.105. The fourth-order valence-electron chi connectivity index (χ4n) is 1.36. The summed E-state index contributed by atoms with van der Waals surface area (Å²) in [6.07, 6.45) is 0. The lowest BCUT2D eigenvalue weighted by molar-refractivity contribution is 0.0691. The molecule has 0 saturated carbocycles. The van der Waals surface area contributed by atoms with Gasteiger partial charge in [0.2, 0.25) is 10.0 Å². The highest BCUT2D eigenvalue weighted by Crippen LogP contribution is 2.16. The highest BCUT2D eigenvalue weighted by molar-refractivity contribution is 7.89. The van der Waals surface area contributed by atoms with Crippen LogP contribution in [0.15, 0.2) is 34.5 Å². The second kappa shape index (κ2) is 5.88. The maximum atomic E-state index is 12.0. The highest BCUT2D eigenvalue weighted by atomic mass is 35.5. The van der Waals surface area contributed by atoms with E-state index in [2.05, 4.69) is 9.71 Å². The Morgan fingerprint density at radius 2 is 2.20 bits per heavy atom. The normalized spacial score (nSPS) is 11.4. The predicted molar refractivity (Wildman–Crippen MR) is 74.6 cm³/mol. The van der Waals surface area contributed by atoms with Gasteiger partial charge in [-0.15, -0.1) is 11.3 Å². The molecule has 0 aliphatic heterocycles. The zero-order valence-electron chi connectivity index (χ0n) is 9.91. The molecule has 0 atom stereocenters. The van der Waals surface area contributed by atoms with Gasteiger partial charge in [0.1, 0.15) is 5.01 Å². The van der Waals surface area contributed by atoms with E-state index >= 15 is 0 Å². The Kier molecular flexibility index (Phi) is 4.39. The summed E-state index contributed by atoms with van der Waals surface area (Å²) in [5.74, 6) is -1.15. The molecule has 9 heteroatoms. The van der Waals surface area contributed by atoms with Crippen LogP contribution in [0.25, 0.3) is 0 Å². The third kappa shape index (κ3) is 3.54. The van der Waals surface area contributed by atoms with Crippen molar-refractivity contribution in [1.82, 2.24) is 9.71 Å². The van der Waals surface area contributed by atoms with Crippen LogP contribution in [0.3, 0.4) is 0 Å². The van der Waals surface area contributed by atoms with Crippen LogP contribution in [0.2, 0.25) is 5.02 Å². The minimum Gasteiger partial charge on any atom is -0.476 e. The molecule has 0 amide bonds. The van der Waals surface area contributed by atoms with Gasteiger partial charge in [0, 0.05) is 10.4 Å². The molecule has 20 heavy (non-hydrogen) atoms. The molecule has 2 aromatic rings. The smallest absolute Gasteiger partial charge is 0.355 e. The molecular formula is C11H9ClN2O4S2. The number of rotatable bonds is 5. The Morgan fingerprint density at radius 1 is 1.45 bits per heavy atom. The number of carboxylic acids is 1. The summed E-state index contributed by atoms with van der Waals surface area (Å²) in [6.45, 7) is -0.0766. The number of nitrogens with one attached hydrogen (secondary N) is 1. The van der Waals surface area contributed by atoms with Crippen LogP contribution in [0, 0.1) is 0 Å². The summed E-state index contributed by atoms with van der Waals surface area (Å²) >= 11 is 6.81. The zero-order valence-corrected chi connectivity index (χ0v) is 12.3. The van der Waals surface area contributed by atoms with Crippen molar-refractivity contribution in [3.8, 4) is 0 Å². The Balaban J connectivity index is 2.11. The number of halogens is 1. The highest BCUT2D eigenvalue weighted by Gasteiger charge is 2.15. The summed E-state index contributed by atoms with van der Waals surface area (Å²) in [6, 6.07) is 5.84. The summed E-state index contributed by atoms with van der Waals surface area (Å²) < 4.78 is 26.3. The first-order valence-electron chi connectivity index (χ1n) is 5.31. The van der Waals surface area contributed by atoms with Gasteiger partial charge in [-0.1, -0.05) is 17.7 Å². The van der Waals surface area contributed by atoms with E-state index in [9.17, 15) is 13.2 Å². The van der Waals surface area contributed by atoms with Crippen molar-refractivity contribution in [3.05, 3.63) is 45.4 Å². The number of nitrogens with zero attached hydrogens (tertiary/aromatic N) is 1. The average molecular weight is 333 g/mol. The fraction of sp³-hybridized carbons (Fsp3) is 0.0909. The molecule has 2 N–H and O–H groups in total. The fourth-order valence-corrected chi connectivity index (χ4v) is 3.45. The Bertz CT molecular complexity index is 742. The summed E-state index contributed by atoms with van der Waals surface area (Å²) in [4.78, 5) is 14.5. The van der Waals surface area contributed by atoms with Gasteiger partial charge in [-0.05, 0) is 18.2 Å². The van der Waals surface area contributed by atoms with E-state index in [1.54, 1.807) is 6.07 Å². The Hall–Kier alpha value is -1.48. The number of aromatic carboxylic acids is 1. The molecule has 1 heterocycles. The van der Waals surface area contributed by atoms with Crippen molar-refractivity contribution in [2.45, 2.75) is 11.4 Å². The molecule has 1 aromatic heterocycles. The van der Waals surface area contributed by atoms with Crippen LogP contribution in [0.1, 0.15) is 15.5 Å². The van der Waals surface area contributed by atoms with Gasteiger partial charge in [0.15, 0.2) is 5.69 Å². The first-order valence-corrected chi connectivity index (χ1v) is 8.05. The minimum atomic E-state index is -3.71. The van der Waals surface area contributed by atoms with Crippen LogP contribution in [-0.2, 0) is 16.6 Å². The molecule has 106 valence electrons. The summed E-state index contributed by atoms with van der Waals surface area (Å²) in [5, 5.41) is 10.8. The molecule has 0 spiro atoms. The molecule has 1 aromatic carbocycles. The molecule has 0 saturated heterocycles. The van der Waals surface area contributed by atoms with Gasteiger partial charge in [0.05, 0.1) is 11.4 Å². The molecule has 0 radical (unpaired) electrons. The molecular weight excluding hydrogens is 324 g/mol. The molecule has 0 unspecified atom stereocenters. The van der Waals surface area contributed by atoms with Crippen LogP contribution in [0.4, 0.5) is 0 Å². The van der Waals surface area contributed by atoms with Crippen LogP contribution >= 0.6 is 22.9 Å². The van der Waals surface area contributed by atoms with Gasteiger partial charge in [-0.2, -0.15) is 0 Å². The second-order valence-electron chi connectivity index (χ2n) is 3.71. The quantitative estimate of drug-likeness (QED) is 0.872. The van der Waals surface area contributed by atoms with Crippen molar-refractivity contribution in [2.75, 3.05) is 0 Å². The van der Waals surface area contributed by atoms with Crippen molar-refractivity contribution >= 4 is 38.9 Å². The minimum absolute atomic E-state index is 0.0417. The van der Waals surface area contributed by atoms with Gasteiger partial charge in [0.25, 0.3) is 0 Å². The lowest BCUT2D eigenvalue weighted by Crippen LogP contribution is -2.23. The molecule has 0 fully saturated rings. The Labute approximate surface area is 124 Å². The van der Waals surface area contributed by atoms with E-state index in [1.165, 1.54) is 23.6 Å². The maximum Gasteiger partial charge on any atom is 0.355 e. The van der Waals surface area contributed by atoms with Gasteiger partial charge in [-0.25, -0.2) is 22.9 Å². The molecule has 2 rings (SSSR count). The van der Waals surface area contributed by atoms with Crippen molar-refractivity contribution in [1.29, 1.82) is 0 Å². The lowest BCUT2D eigenvalue weighted by atomic mass is 10.4. The lowest BCUT2D eigenvalue weighted by Gasteiger charge is -2.05. The number of thiazole rings is 1. The number of aromatic nitrogens is 1. The largest absolute Gasteiger partial charge is 0.476 e. The van der Waals surface area contributed by atoms with Crippen LogP contribution < -0.4 is 4.72 Å². The van der Waals surface area contributed by atoms with Crippen LogP contribution in [0.5, 0.6) is 0 Å². The Morgan fingerprint density at radius 3 is 2.80 bits per heavy atom. The number of carboxylic acid groups (broad SMARTS) is 1. The maximum absolute atomic E-state index is 12.0. The number of hydrogen-bond donors (Lipinski definition) is 2. The molecule has 0 bridgehead atoms. The monoisotopic (exact) mass is 332 g/mol. The van der Waals surface area contributed by atoms with Crippen LogP contribution in [-0.4, -0.2) is 24.5 Å². The van der Waals surface area contributed by atoms with E-state index in [4.69, 9.17) is 16.7 Å². The van der Waals surface area contributed by atoms with E-state index in [-0.39, 0.29) is 17.1 Å². The predicted octanol–water partition coefficient (Wildman–Crippen LogP) is 1.97. The third-order valence-corrected chi connectivity index (χ3v) is 4.77. The van der Waals surface area contributed by atoms with Crippen molar-refractivity contribution in [3.63, 3.8) is 0 Å². The third-order valence-electron chi connectivity index (χ3n) is 2.29. The number of carbonyl (C=O) groups is 1. The second-order valence-corrected chi connectivity index (χ2v) is 6.86. The first-order chi connectivity index (χ1) is 9.38. The van der Waals surface area contributed by atoms with E-state index in [1.807, 2.05) is 0 Å². The van der Waals surface area contributed by atoms with Crippen molar-refractivity contribution < 1.29 is 18.3 Å². The van der Waals surface area contributed by atoms with Gasteiger partial charge >= 0.3 is 5.97 Å². The molecule has 6 nitrogen and oxygen atoms in total. The number of hydrogen-bond acceptors (Lipinski definition) is 5. The zero-order chi connectivity index (χ0) is 14.8. The molecule has 0 aliphatic carbocycles. The van der Waals surface area contributed by atoms with Gasteiger partial charge in [-0.3, -0.25) is 0 Å². The van der Waals surface area contributed by atoms with Gasteiger partial charge < -0.3 is 5.11 Å². The molecule has 0 aliphatic rings. The van der Waals surface area contributed by atoms with E-state index in [0.717, 1.165) is 11.3 Å². The average Bonchev–Trinajstić information content (AvgIpc) is 2.85. The number of benzene rings is 1. The summed E-state index contributed by atoms with van der Waals surface area (Å²) in [7, 11) is -3.71. The topological polar surface area (TPSA) is 96.4 Å². The standard InChI is InChI=1S/C11H9ClN2O4S2/c12-7-2-1-3-8(4-7)20(17,18)13-5-10-14-9(6-19-10)11(15)16/h1-4,6,13H,5H2,(H,15,16).